The Balaban J connectivity index is 1.70. The Kier molecular flexibility index (Phi) is 5.18. The first-order chi connectivity index (χ1) is 9.58. The quantitative estimate of drug-likeness (QED) is 0.809. The highest BCUT2D eigenvalue weighted by Crippen LogP contribution is 2.22. The summed E-state index contributed by atoms with van der Waals surface area (Å²) in [7, 11) is 0. The summed E-state index contributed by atoms with van der Waals surface area (Å²) in [5.74, 6) is 0.916. The van der Waals surface area contributed by atoms with Crippen molar-refractivity contribution in [1.29, 1.82) is 0 Å². The van der Waals surface area contributed by atoms with Gasteiger partial charge in [-0.25, -0.2) is 0 Å². The maximum absolute atomic E-state index is 12.2. The van der Waals surface area contributed by atoms with Gasteiger partial charge in [0.2, 0.25) is 5.91 Å². The topological polar surface area (TPSA) is 32.3 Å². The van der Waals surface area contributed by atoms with Crippen LogP contribution in [0.2, 0.25) is 0 Å². The SMILES string of the molecule is CC(C)C(C)NCCCC(=O)N1Cc2ccccc2C1. The van der Waals surface area contributed by atoms with Gasteiger partial charge in [0.1, 0.15) is 0 Å². The predicted molar refractivity (Wildman–Crippen MR) is 82.2 cm³/mol. The molecule has 2 rings (SSSR count). The fourth-order valence-electron chi connectivity index (χ4n) is 2.47. The Morgan fingerprint density at radius 2 is 1.80 bits per heavy atom. The largest absolute Gasteiger partial charge is 0.334 e. The fourth-order valence-corrected chi connectivity index (χ4v) is 2.47. The molecule has 1 aromatic rings. The van der Waals surface area contributed by atoms with Gasteiger partial charge in [-0.15, -0.1) is 0 Å². The summed E-state index contributed by atoms with van der Waals surface area (Å²) in [5.41, 5.74) is 2.60. The lowest BCUT2D eigenvalue weighted by Gasteiger charge is -2.18. The van der Waals surface area contributed by atoms with Crippen molar-refractivity contribution in [2.45, 2.75) is 52.7 Å². The Morgan fingerprint density at radius 3 is 2.35 bits per heavy atom. The maximum Gasteiger partial charge on any atom is 0.223 e. The van der Waals surface area contributed by atoms with E-state index in [9.17, 15) is 4.79 Å². The summed E-state index contributed by atoms with van der Waals surface area (Å²) in [5, 5.41) is 3.47. The molecule has 20 heavy (non-hydrogen) atoms. The summed E-state index contributed by atoms with van der Waals surface area (Å²) < 4.78 is 0. The second-order valence-electron chi connectivity index (χ2n) is 6.11. The minimum atomic E-state index is 0.278. The number of nitrogens with one attached hydrogen (secondary N) is 1. The normalized spacial score (nSPS) is 15.5. The van der Waals surface area contributed by atoms with Crippen LogP contribution in [-0.2, 0) is 17.9 Å². The highest BCUT2D eigenvalue weighted by Gasteiger charge is 2.22. The van der Waals surface area contributed by atoms with E-state index in [1.165, 1.54) is 11.1 Å². The Bertz CT molecular complexity index is 431. The molecule has 3 nitrogen and oxygen atoms in total. The number of fused-ring (bicyclic) bond motifs is 1. The van der Waals surface area contributed by atoms with Gasteiger partial charge in [0.25, 0.3) is 0 Å². The van der Waals surface area contributed by atoms with Crippen LogP contribution in [0, 0.1) is 5.92 Å². The predicted octanol–water partition coefficient (Wildman–Crippen LogP) is 2.94. The number of rotatable bonds is 6. The molecule has 1 N–H and O–H groups in total. The number of nitrogens with zero attached hydrogens (tertiary/aromatic N) is 1. The van der Waals surface area contributed by atoms with Crippen molar-refractivity contribution >= 4 is 5.91 Å². The van der Waals surface area contributed by atoms with E-state index in [0.29, 0.717) is 18.4 Å². The third-order valence-corrected chi connectivity index (χ3v) is 4.23. The summed E-state index contributed by atoms with van der Waals surface area (Å²) in [6.45, 7) is 9.11. The highest BCUT2D eigenvalue weighted by molar-refractivity contribution is 5.76. The van der Waals surface area contributed by atoms with Gasteiger partial charge in [0.05, 0.1) is 0 Å². The lowest BCUT2D eigenvalue weighted by Crippen LogP contribution is -2.32. The zero-order valence-electron chi connectivity index (χ0n) is 12.9. The molecule has 3 heteroatoms. The number of hydrogen-bond donors (Lipinski definition) is 1. The molecule has 1 atom stereocenters. The third-order valence-electron chi connectivity index (χ3n) is 4.23. The van der Waals surface area contributed by atoms with Crippen LogP contribution < -0.4 is 5.32 Å². The molecule has 0 saturated heterocycles. The summed E-state index contributed by atoms with van der Waals surface area (Å²) in [6.07, 6.45) is 1.56. The van der Waals surface area contributed by atoms with Crippen LogP contribution in [0.25, 0.3) is 0 Å². The number of amides is 1. The summed E-state index contributed by atoms with van der Waals surface area (Å²) in [4.78, 5) is 14.2. The number of carbonyl (C=O) groups is 1. The van der Waals surface area contributed by atoms with E-state index in [1.807, 2.05) is 17.0 Å². The van der Waals surface area contributed by atoms with Gasteiger partial charge < -0.3 is 10.2 Å². The lowest BCUT2D eigenvalue weighted by atomic mass is 10.1. The van der Waals surface area contributed by atoms with E-state index >= 15 is 0 Å². The smallest absolute Gasteiger partial charge is 0.223 e. The molecule has 0 aliphatic carbocycles. The van der Waals surface area contributed by atoms with E-state index in [4.69, 9.17) is 0 Å². The second-order valence-corrected chi connectivity index (χ2v) is 6.11. The van der Waals surface area contributed by atoms with E-state index < -0.39 is 0 Å². The van der Waals surface area contributed by atoms with E-state index in [0.717, 1.165) is 26.1 Å². The van der Waals surface area contributed by atoms with Crippen LogP contribution in [0.4, 0.5) is 0 Å². The molecule has 0 spiro atoms. The molecule has 0 bridgehead atoms. The van der Waals surface area contributed by atoms with Crippen LogP contribution in [0.15, 0.2) is 24.3 Å². The molecule has 1 aromatic carbocycles. The molecule has 0 aromatic heterocycles. The van der Waals surface area contributed by atoms with Crippen LogP contribution in [0.1, 0.15) is 44.7 Å². The maximum atomic E-state index is 12.2. The van der Waals surface area contributed by atoms with Gasteiger partial charge in [-0.3, -0.25) is 4.79 Å². The van der Waals surface area contributed by atoms with Crippen molar-refractivity contribution in [2.75, 3.05) is 6.54 Å². The minimum absolute atomic E-state index is 0.278. The number of hydrogen-bond acceptors (Lipinski definition) is 2. The second kappa shape index (κ2) is 6.89. The lowest BCUT2D eigenvalue weighted by molar-refractivity contribution is -0.131. The first-order valence-corrected chi connectivity index (χ1v) is 7.66. The molecule has 0 saturated carbocycles. The van der Waals surface area contributed by atoms with Gasteiger partial charge in [-0.2, -0.15) is 0 Å². The third kappa shape index (κ3) is 3.83. The van der Waals surface area contributed by atoms with Crippen molar-refractivity contribution in [2.24, 2.45) is 5.92 Å². The molecule has 1 unspecified atom stereocenters. The molecular formula is C17H26N2O. The van der Waals surface area contributed by atoms with Gasteiger partial charge in [-0.05, 0) is 36.9 Å². The van der Waals surface area contributed by atoms with Gasteiger partial charge in [0.15, 0.2) is 0 Å². The van der Waals surface area contributed by atoms with E-state index in [2.05, 4.69) is 38.2 Å². The zero-order valence-corrected chi connectivity index (χ0v) is 12.9. The average Bonchev–Trinajstić information content (AvgIpc) is 2.86. The molecule has 0 radical (unpaired) electrons. The van der Waals surface area contributed by atoms with Crippen molar-refractivity contribution in [1.82, 2.24) is 10.2 Å². The average molecular weight is 274 g/mol. The summed E-state index contributed by atoms with van der Waals surface area (Å²) in [6, 6.07) is 8.85. The fraction of sp³-hybridized carbons (Fsp3) is 0.588. The molecule has 1 heterocycles. The van der Waals surface area contributed by atoms with Crippen LogP contribution in [0.5, 0.6) is 0 Å². The van der Waals surface area contributed by atoms with Crippen molar-refractivity contribution in [3.63, 3.8) is 0 Å². The first kappa shape index (κ1) is 15.0. The monoisotopic (exact) mass is 274 g/mol. The molecular weight excluding hydrogens is 248 g/mol. The highest BCUT2D eigenvalue weighted by atomic mass is 16.2. The molecule has 1 amide bonds. The van der Waals surface area contributed by atoms with E-state index in [-0.39, 0.29) is 5.91 Å². The summed E-state index contributed by atoms with van der Waals surface area (Å²) >= 11 is 0. The van der Waals surface area contributed by atoms with Crippen molar-refractivity contribution in [3.8, 4) is 0 Å². The molecule has 0 fully saturated rings. The van der Waals surface area contributed by atoms with Crippen molar-refractivity contribution in [3.05, 3.63) is 35.4 Å². The van der Waals surface area contributed by atoms with Gasteiger partial charge in [0, 0.05) is 25.6 Å². The molecule has 110 valence electrons. The number of benzene rings is 1. The Hall–Kier alpha value is -1.35. The van der Waals surface area contributed by atoms with E-state index in [1.54, 1.807) is 0 Å². The number of carbonyl (C=O) groups excluding carboxylic acids is 1. The minimum Gasteiger partial charge on any atom is -0.334 e. The Morgan fingerprint density at radius 1 is 1.20 bits per heavy atom. The van der Waals surface area contributed by atoms with Crippen LogP contribution in [0.3, 0.4) is 0 Å². The van der Waals surface area contributed by atoms with Crippen LogP contribution >= 0.6 is 0 Å². The van der Waals surface area contributed by atoms with Crippen molar-refractivity contribution < 1.29 is 4.79 Å². The molecule has 1 aliphatic rings. The standard InChI is InChI=1S/C17H26N2O/c1-13(2)14(3)18-10-6-9-17(20)19-11-15-7-4-5-8-16(15)12-19/h4-5,7-8,13-14,18H,6,9-12H2,1-3H3. The van der Waals surface area contributed by atoms with Crippen LogP contribution in [-0.4, -0.2) is 23.4 Å². The Labute approximate surface area is 122 Å². The zero-order chi connectivity index (χ0) is 14.5. The van der Waals surface area contributed by atoms with Gasteiger partial charge in [-0.1, -0.05) is 38.1 Å². The molecule has 1 aliphatic heterocycles. The first-order valence-electron chi connectivity index (χ1n) is 7.66. The van der Waals surface area contributed by atoms with Gasteiger partial charge >= 0.3 is 0 Å².